The van der Waals surface area contributed by atoms with Crippen LogP contribution < -0.4 is 0 Å². The Labute approximate surface area is 187 Å². The molecule has 1 saturated heterocycles. The third kappa shape index (κ3) is 4.01. The van der Waals surface area contributed by atoms with Gasteiger partial charge in [0, 0.05) is 11.3 Å². The summed E-state index contributed by atoms with van der Waals surface area (Å²) in [5.41, 5.74) is 3.82. The second kappa shape index (κ2) is 7.80. The molecule has 0 bridgehead atoms. The summed E-state index contributed by atoms with van der Waals surface area (Å²) in [6, 6.07) is 7.52. The molecule has 1 atom stereocenters. The normalized spacial score (nSPS) is 20.8. The van der Waals surface area contributed by atoms with Crippen molar-refractivity contribution in [1.82, 2.24) is 0 Å². The minimum absolute atomic E-state index is 0.140. The van der Waals surface area contributed by atoms with E-state index in [1.54, 1.807) is 6.07 Å². The fourth-order valence-electron chi connectivity index (χ4n) is 4.95. The van der Waals surface area contributed by atoms with Crippen LogP contribution in [0.2, 0.25) is 0 Å². The Morgan fingerprint density at radius 3 is 2.68 bits per heavy atom. The molecule has 31 heavy (non-hydrogen) atoms. The average Bonchev–Trinajstić information content (AvgIpc) is 3.22. The van der Waals surface area contributed by atoms with Crippen LogP contribution in [0.3, 0.4) is 0 Å². The molecule has 2 aliphatic carbocycles. The molecule has 0 spiro atoms. The van der Waals surface area contributed by atoms with Gasteiger partial charge in [0.2, 0.25) is 0 Å². The summed E-state index contributed by atoms with van der Waals surface area (Å²) in [5, 5.41) is 10.4. The maximum atomic E-state index is 13.0. The van der Waals surface area contributed by atoms with E-state index in [0.717, 1.165) is 36.2 Å². The first kappa shape index (κ1) is 21.3. The van der Waals surface area contributed by atoms with E-state index in [1.807, 2.05) is 0 Å². The van der Waals surface area contributed by atoms with Crippen LogP contribution in [0.4, 0.5) is 0 Å². The Bertz CT molecular complexity index is 1120. The quantitative estimate of drug-likeness (QED) is 0.652. The number of aryl methyl sites for hydroxylation is 1. The molecule has 1 aliphatic heterocycles. The van der Waals surface area contributed by atoms with Crippen molar-refractivity contribution in [2.75, 3.05) is 19.0 Å². The highest BCUT2D eigenvalue weighted by Gasteiger charge is 2.40. The number of aliphatic hydroxyl groups is 1. The Kier molecular flexibility index (Phi) is 5.36. The van der Waals surface area contributed by atoms with Crippen molar-refractivity contribution in [3.63, 3.8) is 0 Å². The lowest BCUT2D eigenvalue weighted by Gasteiger charge is -2.35. The summed E-state index contributed by atoms with van der Waals surface area (Å²) < 4.78 is 31.1. The number of Topliss-reactive ketones (excluding diaryl/α,β-unsaturated/α-hetero) is 1. The zero-order chi connectivity index (χ0) is 21.8. The molecule has 0 radical (unpaired) electrons. The molecule has 2 heterocycles. The summed E-state index contributed by atoms with van der Waals surface area (Å²) >= 11 is 1.04. The Morgan fingerprint density at radius 1 is 1.23 bits per heavy atom. The summed E-state index contributed by atoms with van der Waals surface area (Å²) in [7, 11) is -3.74. The van der Waals surface area contributed by atoms with Crippen LogP contribution in [0.15, 0.2) is 28.5 Å². The summed E-state index contributed by atoms with van der Waals surface area (Å²) in [6.07, 6.45) is 5.77. The third-order valence-electron chi connectivity index (χ3n) is 7.01. The molecule has 7 heteroatoms. The number of ketones is 1. The molecule has 5 nitrogen and oxygen atoms in total. The van der Waals surface area contributed by atoms with Crippen molar-refractivity contribution < 1.29 is 23.1 Å². The lowest BCUT2D eigenvalue weighted by molar-refractivity contribution is -0.182. The van der Waals surface area contributed by atoms with E-state index in [0.29, 0.717) is 16.7 Å². The number of rotatable bonds is 8. The molecule has 1 aromatic carbocycles. The SMILES string of the molecule is C[C@H](c1ccc2c(c1CC(=O)CS(=O)(=O)c1ccc(C3(O)COC3)s1)CCC2)C1CC1. The van der Waals surface area contributed by atoms with E-state index < -0.39 is 21.2 Å². The predicted octanol–water partition coefficient (Wildman–Crippen LogP) is 3.55. The molecule has 0 amide bonds. The number of hydrogen-bond acceptors (Lipinski definition) is 6. The molecule has 166 valence electrons. The first-order valence-corrected chi connectivity index (χ1v) is 13.5. The molecule has 1 N–H and O–H groups in total. The first-order chi connectivity index (χ1) is 14.8. The number of hydrogen-bond donors (Lipinski definition) is 1. The Morgan fingerprint density at radius 2 is 2.00 bits per heavy atom. The lowest BCUT2D eigenvalue weighted by atomic mass is 9.86. The Balaban J connectivity index is 1.36. The van der Waals surface area contributed by atoms with E-state index in [2.05, 4.69) is 19.1 Å². The minimum atomic E-state index is -3.74. The minimum Gasteiger partial charge on any atom is -0.379 e. The monoisotopic (exact) mass is 460 g/mol. The van der Waals surface area contributed by atoms with E-state index in [1.165, 1.54) is 35.6 Å². The molecule has 2 aromatic rings. The topological polar surface area (TPSA) is 80.7 Å². The van der Waals surface area contributed by atoms with Gasteiger partial charge in [-0.2, -0.15) is 0 Å². The van der Waals surface area contributed by atoms with Gasteiger partial charge in [-0.05, 0) is 78.3 Å². The van der Waals surface area contributed by atoms with Crippen molar-refractivity contribution >= 4 is 27.0 Å². The zero-order valence-electron chi connectivity index (χ0n) is 17.7. The van der Waals surface area contributed by atoms with Gasteiger partial charge in [0.15, 0.2) is 15.6 Å². The van der Waals surface area contributed by atoms with Gasteiger partial charge >= 0.3 is 0 Å². The maximum absolute atomic E-state index is 13.0. The number of fused-ring (bicyclic) bond motifs is 1. The standard InChI is InChI=1S/C24H28O5S2/c1-15(16-5-6-16)19-8-7-17-3-2-4-20(17)21(19)11-18(25)12-31(27,28)23-10-9-22(30-23)24(26)13-29-14-24/h7-10,15-16,26H,2-6,11-14H2,1H3/t15-/m0/s1. The van der Waals surface area contributed by atoms with Gasteiger partial charge in [-0.3, -0.25) is 4.79 Å². The van der Waals surface area contributed by atoms with Gasteiger partial charge in [0.05, 0.1) is 13.2 Å². The van der Waals surface area contributed by atoms with Crippen LogP contribution in [-0.4, -0.2) is 38.3 Å². The van der Waals surface area contributed by atoms with Gasteiger partial charge in [-0.25, -0.2) is 8.42 Å². The van der Waals surface area contributed by atoms with Gasteiger partial charge < -0.3 is 9.84 Å². The number of carbonyl (C=O) groups is 1. The molecule has 2 fully saturated rings. The van der Waals surface area contributed by atoms with Crippen molar-refractivity contribution in [3.05, 3.63) is 51.4 Å². The molecule has 1 aromatic heterocycles. The summed E-state index contributed by atoms with van der Waals surface area (Å²) in [6.45, 7) is 2.58. The van der Waals surface area contributed by atoms with E-state index in [9.17, 15) is 18.3 Å². The second-order valence-corrected chi connectivity index (χ2v) is 12.7. The van der Waals surface area contributed by atoms with Crippen LogP contribution in [0, 0.1) is 5.92 Å². The smallest absolute Gasteiger partial charge is 0.194 e. The number of carbonyl (C=O) groups excluding carboxylic acids is 1. The number of thiophene rings is 1. The molecule has 1 saturated carbocycles. The van der Waals surface area contributed by atoms with Crippen LogP contribution in [-0.2, 0) is 44.2 Å². The van der Waals surface area contributed by atoms with Gasteiger partial charge in [-0.1, -0.05) is 19.1 Å². The fourth-order valence-corrected chi connectivity index (χ4v) is 7.65. The Hall–Kier alpha value is -1.54. The summed E-state index contributed by atoms with van der Waals surface area (Å²) in [4.78, 5) is 13.6. The van der Waals surface area contributed by atoms with Crippen LogP contribution in [0.1, 0.15) is 59.2 Å². The number of ether oxygens (including phenoxy) is 1. The zero-order valence-corrected chi connectivity index (χ0v) is 19.4. The fraction of sp³-hybridized carbons (Fsp3) is 0.542. The van der Waals surface area contributed by atoms with E-state index in [-0.39, 0.29) is 29.6 Å². The van der Waals surface area contributed by atoms with Crippen molar-refractivity contribution in [2.24, 2.45) is 5.92 Å². The van der Waals surface area contributed by atoms with Crippen molar-refractivity contribution in [1.29, 1.82) is 0 Å². The highest BCUT2D eigenvalue weighted by molar-refractivity contribution is 7.94. The largest absolute Gasteiger partial charge is 0.379 e. The van der Waals surface area contributed by atoms with Gasteiger partial charge in [-0.15, -0.1) is 11.3 Å². The highest BCUT2D eigenvalue weighted by atomic mass is 32.2. The maximum Gasteiger partial charge on any atom is 0.194 e. The van der Waals surface area contributed by atoms with Crippen molar-refractivity contribution in [2.45, 2.75) is 61.2 Å². The number of sulfone groups is 1. The second-order valence-electron chi connectivity index (χ2n) is 9.37. The van der Waals surface area contributed by atoms with Gasteiger partial charge in [0.25, 0.3) is 0 Å². The van der Waals surface area contributed by atoms with E-state index >= 15 is 0 Å². The third-order valence-corrected chi connectivity index (χ3v) is 10.5. The highest BCUT2D eigenvalue weighted by Crippen LogP contribution is 2.45. The predicted molar refractivity (Wildman–Crippen MR) is 119 cm³/mol. The number of benzene rings is 1. The lowest BCUT2D eigenvalue weighted by Crippen LogP contribution is -2.45. The van der Waals surface area contributed by atoms with Crippen LogP contribution in [0.25, 0.3) is 0 Å². The molecular weight excluding hydrogens is 432 g/mol. The van der Waals surface area contributed by atoms with Crippen LogP contribution in [0.5, 0.6) is 0 Å². The average molecular weight is 461 g/mol. The first-order valence-electron chi connectivity index (χ1n) is 11.1. The van der Waals surface area contributed by atoms with Gasteiger partial charge in [0.1, 0.15) is 15.6 Å². The molecule has 3 aliphatic rings. The van der Waals surface area contributed by atoms with E-state index in [4.69, 9.17) is 4.74 Å². The molecule has 0 unspecified atom stereocenters. The van der Waals surface area contributed by atoms with Crippen molar-refractivity contribution in [3.8, 4) is 0 Å². The van der Waals surface area contributed by atoms with Crippen LogP contribution >= 0.6 is 11.3 Å². The molecule has 5 rings (SSSR count). The molecular formula is C24H28O5S2. The summed E-state index contributed by atoms with van der Waals surface area (Å²) in [5.74, 6) is 0.339.